The van der Waals surface area contributed by atoms with E-state index in [1.807, 2.05) is 12.1 Å². The van der Waals surface area contributed by atoms with Gasteiger partial charge in [-0.3, -0.25) is 0 Å². The lowest BCUT2D eigenvalue weighted by atomic mass is 9.81. The van der Waals surface area contributed by atoms with Crippen LogP contribution in [-0.2, 0) is 0 Å². The van der Waals surface area contributed by atoms with Gasteiger partial charge in [-0.15, -0.1) is 0 Å². The van der Waals surface area contributed by atoms with Gasteiger partial charge in [-0.05, 0) is 68.7 Å². The molecule has 1 radical (unpaired) electrons. The highest BCUT2D eigenvalue weighted by molar-refractivity contribution is 5.21. The van der Waals surface area contributed by atoms with Crippen molar-refractivity contribution in [1.29, 1.82) is 0 Å². The van der Waals surface area contributed by atoms with Gasteiger partial charge in [-0.2, -0.15) is 0 Å². The maximum Gasteiger partial charge on any atom is 0.123 e. The molecule has 0 N–H and O–H groups in total. The summed E-state index contributed by atoms with van der Waals surface area (Å²) >= 11 is 0. The van der Waals surface area contributed by atoms with Gasteiger partial charge in [0, 0.05) is 12.6 Å². The summed E-state index contributed by atoms with van der Waals surface area (Å²) in [4.78, 5) is 2.63. The van der Waals surface area contributed by atoms with Gasteiger partial charge in [0.2, 0.25) is 0 Å². The van der Waals surface area contributed by atoms with Gasteiger partial charge in [0.15, 0.2) is 0 Å². The van der Waals surface area contributed by atoms with Crippen molar-refractivity contribution in [2.24, 2.45) is 0 Å². The Morgan fingerprint density at radius 3 is 2.33 bits per heavy atom. The minimum absolute atomic E-state index is 0.125. The molecule has 2 fully saturated rings. The smallest absolute Gasteiger partial charge is 0.123 e. The molecule has 0 amide bonds. The molecular weight excluding hydrogens is 225 g/mol. The average molecular weight is 246 g/mol. The Morgan fingerprint density at radius 1 is 1.00 bits per heavy atom. The van der Waals surface area contributed by atoms with Crippen molar-refractivity contribution in [2.45, 2.75) is 44.1 Å². The zero-order valence-electron chi connectivity index (χ0n) is 10.8. The predicted molar refractivity (Wildman–Crippen MR) is 71.9 cm³/mol. The zero-order valence-corrected chi connectivity index (χ0v) is 10.8. The van der Waals surface area contributed by atoms with Crippen molar-refractivity contribution in [3.05, 3.63) is 42.1 Å². The molecule has 2 heteroatoms. The third-order valence-corrected chi connectivity index (χ3v) is 4.54. The maximum atomic E-state index is 12.9. The first kappa shape index (κ1) is 12.2. The van der Waals surface area contributed by atoms with Crippen LogP contribution in [0.4, 0.5) is 4.39 Å². The Morgan fingerprint density at radius 2 is 1.72 bits per heavy atom. The number of likely N-dealkylation sites (tertiary alicyclic amines) is 1. The molecule has 1 aromatic carbocycles. The Bertz CT molecular complexity index is 373. The molecule has 0 atom stereocenters. The van der Waals surface area contributed by atoms with Crippen LogP contribution < -0.4 is 0 Å². The van der Waals surface area contributed by atoms with E-state index < -0.39 is 0 Å². The molecule has 18 heavy (non-hydrogen) atoms. The topological polar surface area (TPSA) is 3.24 Å². The van der Waals surface area contributed by atoms with Crippen LogP contribution in [0, 0.1) is 12.2 Å². The lowest BCUT2D eigenvalue weighted by molar-refractivity contribution is 0.185. The monoisotopic (exact) mass is 246 g/mol. The van der Waals surface area contributed by atoms with Gasteiger partial charge in [0.05, 0.1) is 0 Å². The van der Waals surface area contributed by atoms with Crippen LogP contribution in [0.1, 0.15) is 43.6 Å². The van der Waals surface area contributed by atoms with Crippen molar-refractivity contribution in [2.75, 3.05) is 13.1 Å². The Kier molecular flexibility index (Phi) is 3.64. The highest BCUT2D eigenvalue weighted by Gasteiger charge is 2.27. The normalized spacial score (nSPS) is 29.6. The lowest BCUT2D eigenvalue weighted by Crippen LogP contribution is -2.35. The lowest BCUT2D eigenvalue weighted by Gasteiger charge is -2.34. The first-order chi connectivity index (χ1) is 8.83. The first-order valence-electron chi connectivity index (χ1n) is 7.14. The second-order valence-electron chi connectivity index (χ2n) is 5.63. The molecule has 1 saturated carbocycles. The summed E-state index contributed by atoms with van der Waals surface area (Å²) in [5.41, 5.74) is 1.32. The van der Waals surface area contributed by atoms with Crippen molar-refractivity contribution < 1.29 is 4.39 Å². The zero-order chi connectivity index (χ0) is 12.4. The fourth-order valence-electron chi connectivity index (χ4n) is 3.45. The molecule has 0 unspecified atom stereocenters. The molecule has 1 aliphatic carbocycles. The fourth-order valence-corrected chi connectivity index (χ4v) is 3.45. The van der Waals surface area contributed by atoms with E-state index in [1.165, 1.54) is 50.8 Å². The molecule has 1 saturated heterocycles. The Labute approximate surface area is 109 Å². The van der Waals surface area contributed by atoms with E-state index in [1.54, 1.807) is 12.1 Å². The first-order valence-corrected chi connectivity index (χ1v) is 7.14. The number of halogens is 1. The van der Waals surface area contributed by atoms with Gasteiger partial charge in [0.25, 0.3) is 0 Å². The molecule has 3 rings (SSSR count). The number of hydrogen-bond donors (Lipinski definition) is 0. The van der Waals surface area contributed by atoms with Gasteiger partial charge < -0.3 is 4.90 Å². The van der Waals surface area contributed by atoms with Crippen LogP contribution in [0.5, 0.6) is 0 Å². The van der Waals surface area contributed by atoms with E-state index in [9.17, 15) is 4.39 Å². The second kappa shape index (κ2) is 5.40. The fraction of sp³-hybridized carbons (Fsp3) is 0.562. The van der Waals surface area contributed by atoms with Crippen molar-refractivity contribution in [3.63, 3.8) is 0 Å². The number of rotatable bonds is 2. The number of hydrogen-bond acceptors (Lipinski definition) is 1. The van der Waals surface area contributed by atoms with E-state index in [2.05, 4.69) is 11.3 Å². The summed E-state index contributed by atoms with van der Waals surface area (Å²) < 4.78 is 12.9. The molecule has 0 spiro atoms. The quantitative estimate of drug-likeness (QED) is 0.768. The van der Waals surface area contributed by atoms with E-state index in [0.29, 0.717) is 5.92 Å². The van der Waals surface area contributed by atoms with E-state index in [4.69, 9.17) is 0 Å². The Hall–Kier alpha value is -0.890. The van der Waals surface area contributed by atoms with Gasteiger partial charge in [-0.25, -0.2) is 4.39 Å². The minimum atomic E-state index is -0.125. The van der Waals surface area contributed by atoms with Crippen molar-refractivity contribution in [3.8, 4) is 0 Å². The minimum Gasteiger partial charge on any atom is -0.300 e. The summed E-state index contributed by atoms with van der Waals surface area (Å²) in [6.07, 6.45) is 8.77. The standard InChI is InChI=1S/C16H21FN/c17-15-7-3-13(4-8-15)14-5-9-16(10-6-14)18-11-1-2-12-18/h1,3-4,7-8,14,16H,2,5-6,9-12H2. The average Bonchev–Trinajstić information content (AvgIpc) is 2.94. The SMILES string of the molecule is Fc1ccc(C2CCC(N3C[CH]CC3)CC2)cc1. The van der Waals surface area contributed by atoms with Gasteiger partial charge in [-0.1, -0.05) is 12.1 Å². The summed E-state index contributed by atoms with van der Waals surface area (Å²) in [5.74, 6) is 0.522. The molecule has 2 aliphatic rings. The third kappa shape index (κ3) is 2.59. The summed E-state index contributed by atoms with van der Waals surface area (Å²) in [5, 5.41) is 0. The highest BCUT2D eigenvalue weighted by Crippen LogP contribution is 2.35. The third-order valence-electron chi connectivity index (χ3n) is 4.54. The van der Waals surface area contributed by atoms with E-state index in [-0.39, 0.29) is 5.82 Å². The van der Waals surface area contributed by atoms with Crippen LogP contribution in [0.15, 0.2) is 24.3 Å². The van der Waals surface area contributed by atoms with Gasteiger partial charge >= 0.3 is 0 Å². The van der Waals surface area contributed by atoms with E-state index in [0.717, 1.165) is 6.04 Å². The summed E-state index contributed by atoms with van der Waals surface area (Å²) in [6.45, 7) is 2.44. The summed E-state index contributed by atoms with van der Waals surface area (Å²) in [7, 11) is 0. The largest absolute Gasteiger partial charge is 0.300 e. The molecule has 1 aliphatic heterocycles. The van der Waals surface area contributed by atoms with Crippen LogP contribution in [-0.4, -0.2) is 24.0 Å². The van der Waals surface area contributed by atoms with Crippen LogP contribution in [0.3, 0.4) is 0 Å². The summed E-state index contributed by atoms with van der Waals surface area (Å²) in [6, 6.07) is 7.90. The van der Waals surface area contributed by atoms with E-state index >= 15 is 0 Å². The highest BCUT2D eigenvalue weighted by atomic mass is 19.1. The van der Waals surface area contributed by atoms with Crippen LogP contribution >= 0.6 is 0 Å². The molecule has 97 valence electrons. The van der Waals surface area contributed by atoms with Crippen LogP contribution in [0.25, 0.3) is 0 Å². The Balaban J connectivity index is 1.57. The molecule has 0 aromatic heterocycles. The van der Waals surface area contributed by atoms with Gasteiger partial charge in [0.1, 0.15) is 5.82 Å². The molecule has 1 aromatic rings. The second-order valence-corrected chi connectivity index (χ2v) is 5.63. The van der Waals surface area contributed by atoms with Crippen LogP contribution in [0.2, 0.25) is 0 Å². The maximum absolute atomic E-state index is 12.9. The van der Waals surface area contributed by atoms with Crippen molar-refractivity contribution >= 4 is 0 Å². The molecular formula is C16H21FN. The predicted octanol–water partition coefficient (Wildman–Crippen LogP) is 3.76. The molecule has 1 heterocycles. The van der Waals surface area contributed by atoms with Crippen molar-refractivity contribution in [1.82, 2.24) is 4.90 Å². The molecule has 1 nitrogen and oxygen atoms in total. The molecule has 0 bridgehead atoms. The number of benzene rings is 1. The number of nitrogens with zero attached hydrogens (tertiary/aromatic N) is 1.